The van der Waals surface area contributed by atoms with Gasteiger partial charge in [0.1, 0.15) is 0 Å². The Hall–Kier alpha value is -2.26. The van der Waals surface area contributed by atoms with Crippen LogP contribution in [0.25, 0.3) is 0 Å². The molecule has 9 heteroatoms. The molecule has 200 valence electrons. The standard InChI is InChI=1S/C10H11BrO2.C8H7BrO2.C7H7Br.C2H6O.CO/c1-2-13-10(12)7-8-3-5-9(11)6-4-8;9-7-3-1-6(2-4-7)5-8(10)11;1-6-2-4-7(8)5-3-6;1-2-3;1-2/h3-6H,2,7H2,1H3;1-4H,5H2,(H,10,11);2-5H,1H3;3H,2H2,1H3;. The summed E-state index contributed by atoms with van der Waals surface area (Å²) >= 11 is 9.94. The zero-order valence-corrected chi connectivity index (χ0v) is 25.7. The number of carboxylic acids is 1. The summed E-state index contributed by atoms with van der Waals surface area (Å²) in [7, 11) is 0. The molecule has 0 heterocycles. The minimum atomic E-state index is -0.799. The fourth-order valence-corrected chi connectivity index (χ4v) is 3.08. The molecule has 0 bridgehead atoms. The molecule has 0 atom stereocenters. The average Bonchev–Trinajstić information content (AvgIpc) is 2.86. The summed E-state index contributed by atoms with van der Waals surface area (Å²) in [6.07, 6.45) is 0.439. The Bertz CT molecular complexity index is 998. The van der Waals surface area contributed by atoms with E-state index in [2.05, 4.69) is 73.5 Å². The van der Waals surface area contributed by atoms with Gasteiger partial charge >= 0.3 is 23.2 Å². The molecule has 0 aromatic heterocycles. The molecule has 0 aliphatic carbocycles. The summed E-state index contributed by atoms with van der Waals surface area (Å²) < 4.78 is 15.4. The van der Waals surface area contributed by atoms with Gasteiger partial charge in [0, 0.05) is 20.0 Å². The average molecular weight is 703 g/mol. The molecule has 3 aromatic rings. The third-order valence-electron chi connectivity index (χ3n) is 3.85. The second-order valence-electron chi connectivity index (χ2n) is 6.92. The molecule has 2 N–H and O–H groups in total. The second-order valence-corrected chi connectivity index (χ2v) is 9.66. The van der Waals surface area contributed by atoms with E-state index in [9.17, 15) is 9.59 Å². The number of esters is 1. The summed E-state index contributed by atoms with van der Waals surface area (Å²) in [5, 5.41) is 16.0. The van der Waals surface area contributed by atoms with Crippen molar-refractivity contribution in [1.82, 2.24) is 0 Å². The van der Waals surface area contributed by atoms with E-state index in [1.165, 1.54) is 5.56 Å². The van der Waals surface area contributed by atoms with Crippen LogP contribution in [0.4, 0.5) is 0 Å². The Morgan fingerprint density at radius 1 is 0.757 bits per heavy atom. The maximum absolute atomic E-state index is 11.1. The van der Waals surface area contributed by atoms with Crippen LogP contribution in [0.1, 0.15) is 30.5 Å². The van der Waals surface area contributed by atoms with Crippen molar-refractivity contribution in [1.29, 1.82) is 0 Å². The van der Waals surface area contributed by atoms with Crippen LogP contribution in [-0.4, -0.2) is 35.4 Å². The number of halogens is 3. The van der Waals surface area contributed by atoms with Gasteiger partial charge in [-0.2, -0.15) is 0 Å². The van der Waals surface area contributed by atoms with Gasteiger partial charge in [-0.05, 0) is 68.3 Å². The summed E-state index contributed by atoms with van der Waals surface area (Å²) in [6, 6.07) is 23.1. The predicted molar refractivity (Wildman–Crippen MR) is 156 cm³/mol. The minimum absolute atomic E-state index is 0.0906. The molecule has 0 saturated carbocycles. The number of aliphatic hydroxyl groups excluding tert-OH is 1. The third kappa shape index (κ3) is 22.6. The summed E-state index contributed by atoms with van der Waals surface area (Å²) in [5.41, 5.74) is 3.09. The molecule has 0 radical (unpaired) electrons. The molecular weight excluding hydrogens is 672 g/mol. The summed E-state index contributed by atoms with van der Waals surface area (Å²) in [5.74, 6) is -0.975. The van der Waals surface area contributed by atoms with Crippen LogP contribution < -0.4 is 0 Å². The Kier molecular flexibility index (Phi) is 24.0. The van der Waals surface area contributed by atoms with Gasteiger partial charge in [-0.1, -0.05) is 89.8 Å². The first-order chi connectivity index (χ1) is 17.6. The van der Waals surface area contributed by atoms with Crippen LogP contribution in [-0.2, 0) is 31.8 Å². The van der Waals surface area contributed by atoms with Crippen LogP contribution >= 0.6 is 47.8 Å². The van der Waals surface area contributed by atoms with E-state index in [0.29, 0.717) is 13.0 Å². The van der Waals surface area contributed by atoms with E-state index in [1.807, 2.05) is 48.5 Å². The fraction of sp³-hybridized carbons (Fsp3) is 0.250. The molecule has 0 saturated heterocycles. The second kappa shape index (κ2) is 24.1. The van der Waals surface area contributed by atoms with Crippen molar-refractivity contribution in [3.63, 3.8) is 0 Å². The molecule has 37 heavy (non-hydrogen) atoms. The molecule has 6 nitrogen and oxygen atoms in total. The predicted octanol–water partition coefficient (Wildman–Crippen LogP) is 7.35. The summed E-state index contributed by atoms with van der Waals surface area (Å²) in [4.78, 5) is 21.3. The van der Waals surface area contributed by atoms with Gasteiger partial charge in [-0.3, -0.25) is 9.59 Å². The first-order valence-corrected chi connectivity index (χ1v) is 13.4. The normalized spacial score (nSPS) is 8.78. The van der Waals surface area contributed by atoms with E-state index in [0.717, 1.165) is 24.5 Å². The molecule has 3 aromatic carbocycles. The van der Waals surface area contributed by atoms with Gasteiger partial charge in [0.2, 0.25) is 0 Å². The Balaban J connectivity index is 0. The molecule has 0 amide bonds. The van der Waals surface area contributed by atoms with Crippen molar-refractivity contribution in [3.05, 3.63) is 110 Å². The maximum atomic E-state index is 11.1. The Labute approximate surface area is 244 Å². The zero-order chi connectivity index (χ0) is 28.6. The number of aryl methyl sites for hydroxylation is 1. The van der Waals surface area contributed by atoms with Gasteiger partial charge < -0.3 is 14.9 Å². The van der Waals surface area contributed by atoms with Gasteiger partial charge in [0.15, 0.2) is 0 Å². The van der Waals surface area contributed by atoms with Gasteiger partial charge in [-0.25, -0.2) is 0 Å². The van der Waals surface area contributed by atoms with E-state index in [-0.39, 0.29) is 19.0 Å². The summed E-state index contributed by atoms with van der Waals surface area (Å²) in [6.45, 7) is 10.8. The van der Waals surface area contributed by atoms with Crippen LogP contribution in [0.2, 0.25) is 0 Å². The monoisotopic (exact) mass is 700 g/mol. The van der Waals surface area contributed by atoms with Crippen molar-refractivity contribution in [2.75, 3.05) is 13.2 Å². The van der Waals surface area contributed by atoms with E-state index < -0.39 is 5.97 Å². The van der Waals surface area contributed by atoms with Crippen molar-refractivity contribution in [2.45, 2.75) is 33.6 Å². The van der Waals surface area contributed by atoms with E-state index in [4.69, 9.17) is 19.6 Å². The third-order valence-corrected chi connectivity index (χ3v) is 5.43. The first-order valence-electron chi connectivity index (χ1n) is 11.0. The van der Waals surface area contributed by atoms with Gasteiger partial charge in [-0.15, -0.1) is 0 Å². The van der Waals surface area contributed by atoms with E-state index in [1.54, 1.807) is 26.0 Å². The molecule has 0 fully saturated rings. The van der Waals surface area contributed by atoms with Crippen LogP contribution in [0.15, 0.2) is 86.2 Å². The number of carboxylic acid groups (broad SMARTS) is 1. The number of carbonyl (C=O) groups excluding carboxylic acids is 1. The number of rotatable bonds is 5. The number of hydrogen-bond donors (Lipinski definition) is 2. The number of carbonyl (C=O) groups is 2. The molecule has 0 unspecified atom stereocenters. The number of ether oxygens (including phenoxy) is 1. The van der Waals surface area contributed by atoms with Crippen LogP contribution in [0.5, 0.6) is 0 Å². The van der Waals surface area contributed by atoms with Crippen molar-refractivity contribution >= 4 is 59.7 Å². The molecule has 0 aliphatic heterocycles. The van der Waals surface area contributed by atoms with Gasteiger partial charge in [0.05, 0.1) is 19.4 Å². The topological polar surface area (TPSA) is 104 Å². The molecule has 0 aliphatic rings. The SMILES string of the molecule is CCO.CCOC(=O)Cc1ccc(Br)cc1.Cc1ccc(Br)cc1.O=C(O)Cc1ccc(Br)cc1.[C-]#[O+]. The number of aliphatic hydroxyl groups is 1. The van der Waals surface area contributed by atoms with Crippen molar-refractivity contribution in [3.8, 4) is 0 Å². The Morgan fingerprint density at radius 3 is 1.38 bits per heavy atom. The molecular formula is C28H31Br3O6. The first kappa shape index (κ1) is 36.9. The number of hydrogen-bond acceptors (Lipinski definition) is 4. The molecule has 0 spiro atoms. The van der Waals surface area contributed by atoms with Crippen LogP contribution in [0.3, 0.4) is 0 Å². The Morgan fingerprint density at radius 2 is 1.08 bits per heavy atom. The number of aliphatic carboxylic acids is 1. The van der Waals surface area contributed by atoms with Gasteiger partial charge in [0.25, 0.3) is 0 Å². The van der Waals surface area contributed by atoms with E-state index >= 15 is 0 Å². The number of benzene rings is 3. The van der Waals surface area contributed by atoms with Crippen molar-refractivity contribution in [2.24, 2.45) is 0 Å². The zero-order valence-electron chi connectivity index (χ0n) is 20.9. The quantitative estimate of drug-likeness (QED) is 0.164. The van der Waals surface area contributed by atoms with Crippen LogP contribution in [0, 0.1) is 13.6 Å². The molecule has 3 rings (SSSR count). The van der Waals surface area contributed by atoms with Crippen molar-refractivity contribution < 1.29 is 29.2 Å². The fourth-order valence-electron chi connectivity index (χ4n) is 2.29.